The van der Waals surface area contributed by atoms with Gasteiger partial charge in [0.25, 0.3) is 0 Å². The lowest BCUT2D eigenvalue weighted by Gasteiger charge is -2.35. The Labute approximate surface area is 235 Å². The first kappa shape index (κ1) is 27.2. The highest BCUT2D eigenvalue weighted by Crippen LogP contribution is 2.33. The van der Waals surface area contributed by atoms with Crippen molar-refractivity contribution in [1.82, 2.24) is 9.80 Å². The minimum Gasteiger partial charge on any atom is -0.456 e. The van der Waals surface area contributed by atoms with Crippen molar-refractivity contribution in [3.8, 4) is 11.3 Å². The monoisotopic (exact) mass is 537 g/mol. The van der Waals surface area contributed by atoms with Gasteiger partial charge in [-0.25, -0.2) is 4.79 Å². The van der Waals surface area contributed by atoms with Crippen molar-refractivity contribution >= 4 is 34.7 Å². The fraction of sp³-hybridized carbons (Fsp3) is 0.273. The van der Waals surface area contributed by atoms with Crippen LogP contribution in [0.4, 0.5) is 10.5 Å². The summed E-state index contributed by atoms with van der Waals surface area (Å²) in [4.78, 5) is 29.1. The summed E-state index contributed by atoms with van der Waals surface area (Å²) in [5, 5.41) is 3.98. The molecule has 4 aromatic rings. The van der Waals surface area contributed by atoms with Crippen molar-refractivity contribution < 1.29 is 18.7 Å². The second kappa shape index (κ2) is 11.8. The zero-order chi connectivity index (χ0) is 28.1. The first-order valence-corrected chi connectivity index (χ1v) is 13.6. The summed E-state index contributed by atoms with van der Waals surface area (Å²) in [6.07, 6.45) is 3.07. The van der Waals surface area contributed by atoms with Crippen molar-refractivity contribution in [2.45, 2.75) is 32.9 Å². The van der Waals surface area contributed by atoms with E-state index in [2.05, 4.69) is 28.4 Å². The Kier molecular flexibility index (Phi) is 8.03. The van der Waals surface area contributed by atoms with Crippen LogP contribution in [0.25, 0.3) is 28.4 Å². The number of ether oxygens (including phenoxy) is 1. The van der Waals surface area contributed by atoms with E-state index in [4.69, 9.17) is 9.15 Å². The average Bonchev–Trinajstić information content (AvgIpc) is 3.35. The van der Waals surface area contributed by atoms with Crippen LogP contribution in [0.1, 0.15) is 31.9 Å². The van der Waals surface area contributed by atoms with E-state index in [0.29, 0.717) is 24.5 Å². The van der Waals surface area contributed by atoms with Crippen molar-refractivity contribution in [1.29, 1.82) is 0 Å². The lowest BCUT2D eigenvalue weighted by molar-refractivity contribution is -0.111. The number of hydrogen-bond donors (Lipinski definition) is 1. The summed E-state index contributed by atoms with van der Waals surface area (Å²) < 4.78 is 11.8. The molecule has 7 nitrogen and oxygen atoms in total. The van der Waals surface area contributed by atoms with Crippen LogP contribution in [0, 0.1) is 0 Å². The molecule has 1 aromatic heterocycles. The first-order valence-electron chi connectivity index (χ1n) is 13.6. The highest BCUT2D eigenvalue weighted by Gasteiger charge is 2.26. The molecular formula is C33H35N3O4. The van der Waals surface area contributed by atoms with Gasteiger partial charge in [-0.3, -0.25) is 9.69 Å². The Morgan fingerprint density at radius 1 is 0.925 bits per heavy atom. The molecule has 0 unspecified atom stereocenters. The number of rotatable bonds is 6. The van der Waals surface area contributed by atoms with Gasteiger partial charge in [0.2, 0.25) is 5.91 Å². The lowest BCUT2D eigenvalue weighted by Crippen LogP contribution is -2.49. The minimum absolute atomic E-state index is 0.207. The Balaban J connectivity index is 1.24. The summed E-state index contributed by atoms with van der Waals surface area (Å²) >= 11 is 0. The second-order valence-electron chi connectivity index (χ2n) is 11.0. The molecule has 1 N–H and O–H groups in total. The van der Waals surface area contributed by atoms with E-state index in [0.717, 1.165) is 47.3 Å². The Morgan fingerprint density at radius 2 is 1.65 bits per heavy atom. The number of amides is 2. The zero-order valence-corrected chi connectivity index (χ0v) is 23.2. The number of benzene rings is 3. The Morgan fingerprint density at radius 3 is 2.40 bits per heavy atom. The third kappa shape index (κ3) is 6.98. The number of para-hydroxylation sites is 1. The zero-order valence-electron chi connectivity index (χ0n) is 23.2. The highest BCUT2D eigenvalue weighted by atomic mass is 16.6. The number of furan rings is 1. The number of fused-ring (bicyclic) bond motifs is 1. The molecule has 0 bridgehead atoms. The smallest absolute Gasteiger partial charge is 0.410 e. The standard InChI is InChI=1S/C33H35N3O4/c1-33(2,3)40-32(38)36-19-17-35(18-20-36)23-25-13-15-26-22-30(39-29(26)21-25)27-11-7-8-12-28(27)34-31(37)16-14-24-9-5-4-6-10-24/h4-16,21-22H,17-20,23H2,1-3H3,(H,34,37). The predicted molar refractivity (Wildman–Crippen MR) is 159 cm³/mol. The van der Waals surface area contributed by atoms with E-state index >= 15 is 0 Å². The largest absolute Gasteiger partial charge is 0.456 e. The molecule has 0 aliphatic carbocycles. The van der Waals surface area contributed by atoms with E-state index in [1.807, 2.05) is 81.4 Å². The van der Waals surface area contributed by atoms with Crippen LogP contribution in [0.5, 0.6) is 0 Å². The maximum absolute atomic E-state index is 12.6. The van der Waals surface area contributed by atoms with Crippen LogP contribution in [-0.2, 0) is 16.1 Å². The van der Waals surface area contributed by atoms with Crippen LogP contribution < -0.4 is 5.32 Å². The van der Waals surface area contributed by atoms with E-state index in [1.165, 1.54) is 6.08 Å². The van der Waals surface area contributed by atoms with E-state index < -0.39 is 5.60 Å². The molecule has 5 rings (SSSR count). The van der Waals surface area contributed by atoms with Crippen molar-refractivity contribution in [3.05, 3.63) is 96.1 Å². The summed E-state index contributed by atoms with van der Waals surface area (Å²) in [6.45, 7) is 9.29. The maximum atomic E-state index is 12.6. The third-order valence-electron chi connectivity index (χ3n) is 6.69. The topological polar surface area (TPSA) is 75.0 Å². The molecule has 7 heteroatoms. The molecule has 2 amide bonds. The molecule has 1 aliphatic rings. The number of nitrogens with one attached hydrogen (secondary N) is 1. The number of piperazine rings is 1. The molecule has 1 saturated heterocycles. The average molecular weight is 538 g/mol. The number of anilines is 1. The normalized spacial score (nSPS) is 14.5. The van der Waals surface area contributed by atoms with Gasteiger partial charge in [0.1, 0.15) is 16.9 Å². The van der Waals surface area contributed by atoms with Crippen LogP contribution in [0.3, 0.4) is 0 Å². The van der Waals surface area contributed by atoms with Gasteiger partial charge in [-0.15, -0.1) is 0 Å². The molecule has 1 aliphatic heterocycles. The third-order valence-corrected chi connectivity index (χ3v) is 6.69. The predicted octanol–water partition coefficient (Wildman–Crippen LogP) is 6.80. The summed E-state index contributed by atoms with van der Waals surface area (Å²) in [5.41, 5.74) is 3.92. The highest BCUT2D eigenvalue weighted by molar-refractivity contribution is 6.04. The van der Waals surface area contributed by atoms with Gasteiger partial charge in [-0.2, -0.15) is 0 Å². The van der Waals surface area contributed by atoms with E-state index in [9.17, 15) is 9.59 Å². The molecule has 206 valence electrons. The number of nitrogens with zero attached hydrogens (tertiary/aromatic N) is 2. The van der Waals surface area contributed by atoms with Crippen LogP contribution in [0.15, 0.2) is 89.4 Å². The van der Waals surface area contributed by atoms with Gasteiger partial charge in [-0.1, -0.05) is 54.6 Å². The molecular weight excluding hydrogens is 502 g/mol. The summed E-state index contributed by atoms with van der Waals surface area (Å²) in [7, 11) is 0. The molecule has 0 radical (unpaired) electrons. The molecule has 0 spiro atoms. The first-order chi connectivity index (χ1) is 19.2. The van der Waals surface area contributed by atoms with Crippen LogP contribution >= 0.6 is 0 Å². The Hall–Kier alpha value is -4.36. The fourth-order valence-electron chi connectivity index (χ4n) is 4.70. The van der Waals surface area contributed by atoms with Crippen molar-refractivity contribution in [3.63, 3.8) is 0 Å². The summed E-state index contributed by atoms with van der Waals surface area (Å²) in [6, 6.07) is 25.6. The molecule has 1 fully saturated rings. The molecule has 2 heterocycles. The van der Waals surface area contributed by atoms with Gasteiger partial charge in [-0.05, 0) is 62.2 Å². The molecule has 0 saturated carbocycles. The van der Waals surface area contributed by atoms with E-state index in [1.54, 1.807) is 11.0 Å². The van der Waals surface area contributed by atoms with Gasteiger partial charge in [0.15, 0.2) is 0 Å². The lowest BCUT2D eigenvalue weighted by atomic mass is 10.1. The van der Waals surface area contributed by atoms with Crippen LogP contribution in [0.2, 0.25) is 0 Å². The minimum atomic E-state index is -0.489. The molecule has 3 aromatic carbocycles. The van der Waals surface area contributed by atoms with Crippen molar-refractivity contribution in [2.75, 3.05) is 31.5 Å². The fourth-order valence-corrected chi connectivity index (χ4v) is 4.70. The van der Waals surface area contributed by atoms with Crippen LogP contribution in [-0.4, -0.2) is 53.6 Å². The van der Waals surface area contributed by atoms with Gasteiger partial charge >= 0.3 is 6.09 Å². The maximum Gasteiger partial charge on any atom is 0.410 e. The number of carbonyl (C=O) groups is 2. The summed E-state index contributed by atoms with van der Waals surface area (Å²) in [5.74, 6) is 0.488. The quantitative estimate of drug-likeness (QED) is 0.274. The van der Waals surface area contributed by atoms with Gasteiger partial charge in [0, 0.05) is 49.7 Å². The molecule has 0 atom stereocenters. The SMILES string of the molecule is CC(C)(C)OC(=O)N1CCN(Cc2ccc3cc(-c4ccccc4NC(=O)C=Cc4ccccc4)oc3c2)CC1. The van der Waals surface area contributed by atoms with Gasteiger partial charge in [0.05, 0.1) is 5.69 Å². The number of hydrogen-bond acceptors (Lipinski definition) is 5. The second-order valence-corrected chi connectivity index (χ2v) is 11.0. The van der Waals surface area contributed by atoms with Crippen molar-refractivity contribution in [2.24, 2.45) is 0 Å². The molecule has 40 heavy (non-hydrogen) atoms. The van der Waals surface area contributed by atoms with Gasteiger partial charge < -0.3 is 19.4 Å². The van der Waals surface area contributed by atoms with E-state index in [-0.39, 0.29) is 12.0 Å². The number of carbonyl (C=O) groups excluding carboxylic acids is 2. The Bertz CT molecular complexity index is 1510.